The Morgan fingerprint density at radius 1 is 0.913 bits per heavy atom. The van der Waals surface area contributed by atoms with E-state index in [-0.39, 0.29) is 0 Å². The molecule has 0 aliphatic heterocycles. The Morgan fingerprint density at radius 3 is 1.96 bits per heavy atom. The third-order valence-electron chi connectivity index (χ3n) is 5.04. The van der Waals surface area contributed by atoms with Crippen molar-refractivity contribution in [2.24, 2.45) is 0 Å². The number of hydrogen-bond donors (Lipinski definition) is 1. The van der Waals surface area contributed by atoms with E-state index in [1.165, 1.54) is 0 Å². The van der Waals surface area contributed by atoms with Crippen molar-refractivity contribution >= 4 is 0 Å². The monoisotopic (exact) mass is 312 g/mol. The molecule has 23 heavy (non-hydrogen) atoms. The highest BCUT2D eigenvalue weighted by atomic mass is 16.5. The summed E-state index contributed by atoms with van der Waals surface area (Å²) in [7, 11) is 3.35. The van der Waals surface area contributed by atoms with Crippen LogP contribution >= 0.6 is 0 Å². The van der Waals surface area contributed by atoms with Gasteiger partial charge in [0.2, 0.25) is 0 Å². The fraction of sp³-hybridized carbons (Fsp3) is 0.400. The summed E-state index contributed by atoms with van der Waals surface area (Å²) in [6.45, 7) is 0. The lowest BCUT2D eigenvalue weighted by Gasteiger charge is -2.43. The lowest BCUT2D eigenvalue weighted by Crippen LogP contribution is -2.43. The minimum Gasteiger partial charge on any atom is -0.497 e. The average molecular weight is 312 g/mol. The first-order valence-corrected chi connectivity index (χ1v) is 8.18. The molecule has 1 fully saturated rings. The molecule has 1 unspecified atom stereocenters. The Bertz CT molecular complexity index is 618. The quantitative estimate of drug-likeness (QED) is 0.930. The summed E-state index contributed by atoms with van der Waals surface area (Å²) in [4.78, 5) is 0. The summed E-state index contributed by atoms with van der Waals surface area (Å²) in [5.41, 5.74) is 1.82. The van der Waals surface area contributed by atoms with Crippen molar-refractivity contribution in [2.45, 2.75) is 37.2 Å². The first-order chi connectivity index (χ1) is 11.2. The predicted octanol–water partition coefficient (Wildman–Crippen LogP) is 3.92. The number of aliphatic hydroxyl groups is 1. The molecule has 3 nitrogen and oxygen atoms in total. The number of ether oxygens (including phenoxy) is 2. The smallest absolute Gasteiger partial charge is 0.119 e. The van der Waals surface area contributed by atoms with Crippen LogP contribution in [0.25, 0.3) is 0 Å². The number of aliphatic hydroxyl groups excluding tert-OH is 1. The Labute approximate surface area is 137 Å². The van der Waals surface area contributed by atoms with Crippen LogP contribution in [-0.4, -0.2) is 25.4 Å². The van der Waals surface area contributed by atoms with Crippen LogP contribution in [-0.2, 0) is 5.41 Å². The maximum atomic E-state index is 11.0. The summed E-state index contributed by atoms with van der Waals surface area (Å²) in [5, 5.41) is 11.0. The Kier molecular flexibility index (Phi) is 4.58. The molecule has 0 spiro atoms. The first kappa shape index (κ1) is 15.9. The lowest BCUT2D eigenvalue weighted by atomic mass is 9.63. The molecule has 2 aromatic rings. The van der Waals surface area contributed by atoms with Gasteiger partial charge in [-0.15, -0.1) is 0 Å². The van der Waals surface area contributed by atoms with E-state index in [2.05, 4.69) is 12.1 Å². The van der Waals surface area contributed by atoms with Gasteiger partial charge < -0.3 is 14.6 Å². The summed E-state index contributed by atoms with van der Waals surface area (Å²) >= 11 is 0. The van der Waals surface area contributed by atoms with Crippen LogP contribution in [0.15, 0.2) is 48.5 Å². The average Bonchev–Trinajstić information content (AvgIpc) is 2.62. The standard InChI is InChI=1S/C20H24O3/c1-22-17-9-5-7-15(13-17)20(12-4-3-11-19(20)21)16-8-6-10-18(14-16)23-2/h5-10,13-14,19,21H,3-4,11-12H2,1-2H3. The summed E-state index contributed by atoms with van der Waals surface area (Å²) in [6, 6.07) is 16.2. The lowest BCUT2D eigenvalue weighted by molar-refractivity contribution is 0.0637. The van der Waals surface area contributed by atoms with Crippen LogP contribution in [0.2, 0.25) is 0 Å². The summed E-state index contributed by atoms with van der Waals surface area (Å²) in [5.74, 6) is 1.64. The van der Waals surface area contributed by atoms with Gasteiger partial charge in [-0.25, -0.2) is 0 Å². The third kappa shape index (κ3) is 2.81. The highest BCUT2D eigenvalue weighted by Crippen LogP contribution is 2.46. The van der Waals surface area contributed by atoms with Crippen LogP contribution in [0.4, 0.5) is 0 Å². The normalized spacial score (nSPS) is 20.0. The van der Waals surface area contributed by atoms with Gasteiger partial charge in [0.05, 0.1) is 20.3 Å². The molecule has 122 valence electrons. The van der Waals surface area contributed by atoms with Gasteiger partial charge >= 0.3 is 0 Å². The topological polar surface area (TPSA) is 38.7 Å². The molecule has 3 rings (SSSR count). The van der Waals surface area contributed by atoms with E-state index in [4.69, 9.17) is 9.47 Å². The molecular formula is C20H24O3. The van der Waals surface area contributed by atoms with Crippen molar-refractivity contribution in [1.29, 1.82) is 0 Å². The van der Waals surface area contributed by atoms with E-state index in [0.29, 0.717) is 0 Å². The molecule has 0 bridgehead atoms. The van der Waals surface area contributed by atoms with Gasteiger partial charge in [0.15, 0.2) is 0 Å². The zero-order valence-corrected chi connectivity index (χ0v) is 13.8. The molecule has 3 heteroatoms. The SMILES string of the molecule is COc1cccc(C2(c3cccc(OC)c3)CCCCC2O)c1. The fourth-order valence-electron chi connectivity index (χ4n) is 3.80. The molecular weight excluding hydrogens is 288 g/mol. The summed E-state index contributed by atoms with van der Waals surface area (Å²) in [6.07, 6.45) is 3.50. The maximum absolute atomic E-state index is 11.0. The molecule has 1 aliphatic rings. The van der Waals surface area contributed by atoms with Crippen LogP contribution in [0.1, 0.15) is 36.8 Å². The van der Waals surface area contributed by atoms with Crippen molar-refractivity contribution < 1.29 is 14.6 Å². The van der Waals surface area contributed by atoms with Crippen molar-refractivity contribution in [2.75, 3.05) is 14.2 Å². The van der Waals surface area contributed by atoms with Crippen molar-refractivity contribution in [1.82, 2.24) is 0 Å². The van der Waals surface area contributed by atoms with E-state index >= 15 is 0 Å². The minimum atomic E-state index is -0.407. The molecule has 0 saturated heterocycles. The molecule has 1 atom stereocenters. The first-order valence-electron chi connectivity index (χ1n) is 8.18. The molecule has 0 radical (unpaired) electrons. The van der Waals surface area contributed by atoms with Gasteiger partial charge in [-0.3, -0.25) is 0 Å². The molecule has 0 aromatic heterocycles. The highest BCUT2D eigenvalue weighted by Gasteiger charge is 2.43. The van der Waals surface area contributed by atoms with Gasteiger partial charge in [-0.2, -0.15) is 0 Å². The van der Waals surface area contributed by atoms with Crippen LogP contribution in [0, 0.1) is 0 Å². The second kappa shape index (κ2) is 6.63. The molecule has 0 amide bonds. The Balaban J connectivity index is 2.17. The molecule has 0 heterocycles. The van der Waals surface area contributed by atoms with Crippen LogP contribution in [0.5, 0.6) is 11.5 Å². The van der Waals surface area contributed by atoms with E-state index in [0.717, 1.165) is 48.3 Å². The summed E-state index contributed by atoms with van der Waals surface area (Å²) < 4.78 is 10.8. The molecule has 1 saturated carbocycles. The Morgan fingerprint density at radius 2 is 1.48 bits per heavy atom. The van der Waals surface area contributed by atoms with Crippen molar-refractivity contribution in [3.63, 3.8) is 0 Å². The van der Waals surface area contributed by atoms with E-state index in [1.54, 1.807) is 14.2 Å². The van der Waals surface area contributed by atoms with Crippen molar-refractivity contribution in [3.8, 4) is 11.5 Å². The Hall–Kier alpha value is -2.00. The van der Waals surface area contributed by atoms with E-state index in [9.17, 15) is 5.11 Å². The minimum absolute atomic E-state index is 0.401. The third-order valence-corrected chi connectivity index (χ3v) is 5.04. The second-order valence-electron chi connectivity index (χ2n) is 6.20. The van der Waals surface area contributed by atoms with Gasteiger partial charge in [0.1, 0.15) is 11.5 Å². The fourth-order valence-corrected chi connectivity index (χ4v) is 3.80. The van der Waals surface area contributed by atoms with E-state index < -0.39 is 11.5 Å². The number of rotatable bonds is 4. The van der Waals surface area contributed by atoms with Gasteiger partial charge in [0.25, 0.3) is 0 Å². The van der Waals surface area contributed by atoms with Gasteiger partial charge in [-0.05, 0) is 48.2 Å². The highest BCUT2D eigenvalue weighted by molar-refractivity contribution is 5.46. The zero-order valence-electron chi connectivity index (χ0n) is 13.8. The second-order valence-corrected chi connectivity index (χ2v) is 6.20. The van der Waals surface area contributed by atoms with Gasteiger partial charge in [-0.1, -0.05) is 37.1 Å². The zero-order chi connectivity index (χ0) is 16.3. The van der Waals surface area contributed by atoms with Crippen LogP contribution < -0.4 is 9.47 Å². The molecule has 1 N–H and O–H groups in total. The molecule has 1 aliphatic carbocycles. The molecule has 2 aromatic carbocycles. The number of hydrogen-bond acceptors (Lipinski definition) is 3. The number of benzene rings is 2. The van der Waals surface area contributed by atoms with Crippen LogP contribution in [0.3, 0.4) is 0 Å². The van der Waals surface area contributed by atoms with Gasteiger partial charge in [0, 0.05) is 5.41 Å². The maximum Gasteiger partial charge on any atom is 0.119 e. The number of methoxy groups -OCH3 is 2. The van der Waals surface area contributed by atoms with E-state index in [1.807, 2.05) is 36.4 Å². The van der Waals surface area contributed by atoms with Crippen molar-refractivity contribution in [3.05, 3.63) is 59.7 Å². The predicted molar refractivity (Wildman–Crippen MR) is 91.2 cm³/mol. The largest absolute Gasteiger partial charge is 0.497 e.